The fourth-order valence-corrected chi connectivity index (χ4v) is 5.87. The van der Waals surface area contributed by atoms with Crippen molar-refractivity contribution < 1.29 is 23.5 Å². The van der Waals surface area contributed by atoms with Crippen LogP contribution in [-0.4, -0.2) is 71.4 Å². The molecule has 6 rings (SSSR count). The molecule has 2 aromatic carbocycles. The number of hydrogen-bond donors (Lipinski definition) is 1. The number of para-hydroxylation sites is 1. The number of benzene rings is 2. The van der Waals surface area contributed by atoms with Crippen LogP contribution in [0.2, 0.25) is 0 Å². The summed E-state index contributed by atoms with van der Waals surface area (Å²) in [6, 6.07) is 13.5. The molecule has 9 heteroatoms. The SMILES string of the molecule is CC(=O)N1CCN(CCCOc2ccc3c(c2)c(C2=C(c4cccc5ccoc45)C(=O)NC2=O)cn3C(C)C)CC1. The van der Waals surface area contributed by atoms with E-state index >= 15 is 0 Å². The van der Waals surface area contributed by atoms with Gasteiger partial charge in [0.25, 0.3) is 11.8 Å². The first-order valence-electron chi connectivity index (χ1n) is 14.1. The van der Waals surface area contributed by atoms with Gasteiger partial charge in [-0.05, 0) is 44.5 Å². The van der Waals surface area contributed by atoms with E-state index in [1.54, 1.807) is 13.2 Å². The number of carbonyl (C=O) groups excluding carboxylic acids is 3. The minimum Gasteiger partial charge on any atom is -0.494 e. The fourth-order valence-electron chi connectivity index (χ4n) is 5.87. The maximum absolute atomic E-state index is 13.3. The molecular weight excluding hydrogens is 520 g/mol. The molecule has 9 nitrogen and oxygen atoms in total. The predicted molar refractivity (Wildman–Crippen MR) is 157 cm³/mol. The van der Waals surface area contributed by atoms with Gasteiger partial charge in [0, 0.05) is 79.3 Å². The molecule has 2 aromatic heterocycles. The topological polar surface area (TPSA) is 97.0 Å². The van der Waals surface area contributed by atoms with Crippen LogP contribution in [0.15, 0.2) is 59.3 Å². The predicted octanol–water partition coefficient (Wildman–Crippen LogP) is 4.47. The third-order valence-electron chi connectivity index (χ3n) is 8.01. The summed E-state index contributed by atoms with van der Waals surface area (Å²) in [4.78, 5) is 42.2. The molecule has 1 fully saturated rings. The molecule has 2 aliphatic heterocycles. The standard InChI is InChI=1S/C32H34N4O5/c1-20(2)36-19-26(29-28(31(38)33-32(29)39)24-7-4-6-22-10-17-41-30(22)24)25-18-23(8-9-27(25)36)40-16-5-11-34-12-14-35(15-13-34)21(3)37/h4,6-10,17-20H,5,11-16H2,1-3H3,(H,33,38,39). The van der Waals surface area contributed by atoms with Crippen LogP contribution in [-0.2, 0) is 14.4 Å². The minimum atomic E-state index is -0.434. The Morgan fingerprint density at radius 2 is 1.76 bits per heavy atom. The molecular formula is C32H34N4O5. The number of hydrogen-bond acceptors (Lipinski definition) is 6. The fraction of sp³-hybridized carbons (Fsp3) is 0.344. The second kappa shape index (κ2) is 10.9. The molecule has 41 heavy (non-hydrogen) atoms. The highest BCUT2D eigenvalue weighted by molar-refractivity contribution is 6.50. The monoisotopic (exact) mass is 554 g/mol. The molecule has 0 aliphatic carbocycles. The van der Waals surface area contributed by atoms with E-state index in [1.165, 1.54) is 0 Å². The third kappa shape index (κ3) is 5.02. The highest BCUT2D eigenvalue weighted by atomic mass is 16.5. The lowest BCUT2D eigenvalue weighted by Gasteiger charge is -2.34. The van der Waals surface area contributed by atoms with Crippen LogP contribution in [0.3, 0.4) is 0 Å². The maximum atomic E-state index is 13.3. The Morgan fingerprint density at radius 1 is 1.00 bits per heavy atom. The Kier molecular flexibility index (Phi) is 7.13. The van der Waals surface area contributed by atoms with Crippen molar-refractivity contribution in [2.45, 2.75) is 33.2 Å². The van der Waals surface area contributed by atoms with Crippen molar-refractivity contribution in [3.05, 3.63) is 66.1 Å². The second-order valence-electron chi connectivity index (χ2n) is 11.0. The van der Waals surface area contributed by atoms with Crippen LogP contribution in [0.4, 0.5) is 0 Å². The zero-order valence-electron chi connectivity index (χ0n) is 23.6. The van der Waals surface area contributed by atoms with E-state index in [-0.39, 0.29) is 11.9 Å². The van der Waals surface area contributed by atoms with Crippen LogP contribution in [0, 0.1) is 0 Å². The van der Waals surface area contributed by atoms with Crippen LogP contribution in [0.25, 0.3) is 33.0 Å². The number of rotatable bonds is 8. The van der Waals surface area contributed by atoms with Gasteiger partial charge >= 0.3 is 0 Å². The summed E-state index contributed by atoms with van der Waals surface area (Å²) in [5.41, 5.74) is 3.46. The van der Waals surface area contributed by atoms with Crippen molar-refractivity contribution in [3.63, 3.8) is 0 Å². The Balaban J connectivity index is 1.29. The number of furan rings is 1. The first-order valence-corrected chi connectivity index (χ1v) is 14.1. The van der Waals surface area contributed by atoms with Crippen molar-refractivity contribution in [2.24, 2.45) is 0 Å². The minimum absolute atomic E-state index is 0.134. The lowest BCUT2D eigenvalue weighted by molar-refractivity contribution is -0.130. The quantitative estimate of drug-likeness (QED) is 0.255. The van der Waals surface area contributed by atoms with E-state index in [0.717, 1.165) is 55.4 Å². The molecule has 0 bridgehead atoms. The number of piperazine rings is 1. The van der Waals surface area contributed by atoms with E-state index in [2.05, 4.69) is 28.6 Å². The highest BCUT2D eigenvalue weighted by Gasteiger charge is 2.35. The summed E-state index contributed by atoms with van der Waals surface area (Å²) in [5, 5.41) is 4.22. The summed E-state index contributed by atoms with van der Waals surface area (Å²) >= 11 is 0. The normalized spacial score (nSPS) is 16.4. The number of fused-ring (bicyclic) bond motifs is 2. The molecule has 0 radical (unpaired) electrons. The third-order valence-corrected chi connectivity index (χ3v) is 8.01. The van der Waals surface area contributed by atoms with Crippen molar-refractivity contribution >= 4 is 50.7 Å². The Bertz CT molecular complexity index is 1690. The van der Waals surface area contributed by atoms with E-state index in [0.29, 0.717) is 40.2 Å². The van der Waals surface area contributed by atoms with Gasteiger partial charge in [-0.1, -0.05) is 18.2 Å². The smallest absolute Gasteiger partial charge is 0.259 e. The zero-order chi connectivity index (χ0) is 28.7. The number of amides is 3. The van der Waals surface area contributed by atoms with Gasteiger partial charge in [0.2, 0.25) is 5.91 Å². The molecule has 4 aromatic rings. The summed E-state index contributed by atoms with van der Waals surface area (Å²) in [7, 11) is 0. The van der Waals surface area contributed by atoms with Crippen molar-refractivity contribution in [2.75, 3.05) is 39.3 Å². The molecule has 1 N–H and O–H groups in total. The Labute approximate surface area is 238 Å². The van der Waals surface area contributed by atoms with Crippen LogP contribution < -0.4 is 10.1 Å². The molecule has 0 unspecified atom stereocenters. The van der Waals surface area contributed by atoms with Gasteiger partial charge in [0.1, 0.15) is 11.3 Å². The molecule has 0 atom stereocenters. The highest BCUT2D eigenvalue weighted by Crippen LogP contribution is 2.40. The van der Waals surface area contributed by atoms with Gasteiger partial charge in [-0.25, -0.2) is 0 Å². The summed E-state index contributed by atoms with van der Waals surface area (Å²) < 4.78 is 14.0. The molecule has 1 saturated heterocycles. The first kappa shape index (κ1) is 26.8. The summed E-state index contributed by atoms with van der Waals surface area (Å²) in [5.74, 6) is -0.0143. The number of carbonyl (C=O) groups is 3. The number of nitrogens with zero attached hydrogens (tertiary/aromatic N) is 3. The summed E-state index contributed by atoms with van der Waals surface area (Å²) in [6.45, 7) is 10.5. The van der Waals surface area contributed by atoms with Gasteiger partial charge in [0.15, 0.2) is 0 Å². The van der Waals surface area contributed by atoms with E-state index < -0.39 is 11.8 Å². The second-order valence-corrected chi connectivity index (χ2v) is 11.0. The molecule has 2 aliphatic rings. The Morgan fingerprint density at radius 3 is 2.49 bits per heavy atom. The van der Waals surface area contributed by atoms with Crippen molar-refractivity contribution in [1.29, 1.82) is 0 Å². The number of aromatic nitrogens is 1. The van der Waals surface area contributed by atoms with E-state index in [9.17, 15) is 14.4 Å². The summed E-state index contributed by atoms with van der Waals surface area (Å²) in [6.07, 6.45) is 4.40. The Hall–Kier alpha value is -4.37. The van der Waals surface area contributed by atoms with Gasteiger partial charge in [-0.15, -0.1) is 0 Å². The lowest BCUT2D eigenvalue weighted by atomic mass is 9.95. The average Bonchev–Trinajstić information content (AvgIpc) is 3.66. The zero-order valence-corrected chi connectivity index (χ0v) is 23.6. The number of nitrogens with one attached hydrogen (secondary N) is 1. The van der Waals surface area contributed by atoms with Crippen molar-refractivity contribution in [3.8, 4) is 5.75 Å². The molecule has 3 amide bonds. The van der Waals surface area contributed by atoms with Crippen molar-refractivity contribution in [1.82, 2.24) is 19.7 Å². The lowest BCUT2D eigenvalue weighted by Crippen LogP contribution is -2.48. The molecule has 4 heterocycles. The molecule has 212 valence electrons. The first-order chi connectivity index (χ1) is 19.8. The van der Waals surface area contributed by atoms with Crippen LogP contribution in [0.5, 0.6) is 5.75 Å². The molecule has 0 saturated carbocycles. The van der Waals surface area contributed by atoms with Gasteiger partial charge in [-0.3, -0.25) is 24.6 Å². The molecule has 0 spiro atoms. The van der Waals surface area contributed by atoms with E-state index in [1.807, 2.05) is 53.6 Å². The maximum Gasteiger partial charge on any atom is 0.259 e. The van der Waals surface area contributed by atoms with Gasteiger partial charge in [0.05, 0.1) is 24.0 Å². The van der Waals surface area contributed by atoms with Crippen LogP contribution >= 0.6 is 0 Å². The van der Waals surface area contributed by atoms with Gasteiger partial charge in [-0.2, -0.15) is 0 Å². The number of imide groups is 1. The van der Waals surface area contributed by atoms with Crippen LogP contribution in [0.1, 0.15) is 44.4 Å². The average molecular weight is 555 g/mol. The van der Waals surface area contributed by atoms with E-state index in [4.69, 9.17) is 9.15 Å². The number of ether oxygens (including phenoxy) is 1. The van der Waals surface area contributed by atoms with Gasteiger partial charge < -0.3 is 18.6 Å². The largest absolute Gasteiger partial charge is 0.494 e.